The summed E-state index contributed by atoms with van der Waals surface area (Å²) in [6.45, 7) is 0. The maximum Gasteiger partial charge on any atom is 0.150 e. The highest BCUT2D eigenvalue weighted by Gasteiger charge is 2.09. The fourth-order valence-corrected chi connectivity index (χ4v) is 4.85. The molecule has 156 valence electrons. The minimum absolute atomic E-state index is 0.765. The molecule has 0 saturated heterocycles. The zero-order chi connectivity index (χ0) is 22.4. The van der Waals surface area contributed by atoms with Crippen LogP contribution in [0, 0.1) is 0 Å². The van der Waals surface area contributed by atoms with Crippen LogP contribution in [0.4, 0.5) is 5.69 Å². The maximum atomic E-state index is 11.2. The standard InChI is InChI=1S/C17H10O.C14H11N/c18-10-14-7-6-13-5-4-11-2-1-3-12-8-9-15(14)17(13)16(11)12;15-14-7-3-6-12-8-10-4-1-2-5-11(10)9-13(12)14/h1-10H;1-9H,15H2. The molecule has 0 saturated carbocycles. The predicted octanol–water partition coefficient (Wildman–Crippen LogP) is 7.97. The fraction of sp³-hybridized carbons (Fsp3) is 0. The molecule has 2 N–H and O–H groups in total. The highest BCUT2D eigenvalue weighted by atomic mass is 16.1. The summed E-state index contributed by atoms with van der Waals surface area (Å²) in [5.41, 5.74) is 7.56. The number of hydrogen-bond donors (Lipinski definition) is 1. The number of rotatable bonds is 1. The van der Waals surface area contributed by atoms with Crippen molar-refractivity contribution in [3.05, 3.63) is 115 Å². The van der Waals surface area contributed by atoms with E-state index in [1.54, 1.807) is 0 Å². The molecule has 0 radical (unpaired) electrons. The van der Waals surface area contributed by atoms with Gasteiger partial charge in [-0.25, -0.2) is 0 Å². The van der Waals surface area contributed by atoms with Crippen LogP contribution < -0.4 is 5.73 Å². The molecule has 33 heavy (non-hydrogen) atoms. The van der Waals surface area contributed by atoms with Crippen molar-refractivity contribution in [3.8, 4) is 0 Å². The summed E-state index contributed by atoms with van der Waals surface area (Å²) in [6, 6.07) is 37.3. The Balaban J connectivity index is 0.000000127. The van der Waals surface area contributed by atoms with Gasteiger partial charge in [0.05, 0.1) is 0 Å². The van der Waals surface area contributed by atoms with E-state index in [0.717, 1.165) is 28.3 Å². The fourth-order valence-electron chi connectivity index (χ4n) is 4.85. The molecular formula is C31H21NO. The van der Waals surface area contributed by atoms with E-state index in [1.165, 1.54) is 43.1 Å². The first-order valence-electron chi connectivity index (χ1n) is 11.0. The minimum atomic E-state index is 0.765. The number of nitrogen functional groups attached to an aromatic ring is 1. The first-order chi connectivity index (χ1) is 16.2. The van der Waals surface area contributed by atoms with Crippen LogP contribution in [0.2, 0.25) is 0 Å². The molecule has 0 aliphatic rings. The largest absolute Gasteiger partial charge is 0.398 e. The second kappa shape index (κ2) is 7.61. The van der Waals surface area contributed by atoms with E-state index in [-0.39, 0.29) is 0 Å². The zero-order valence-electron chi connectivity index (χ0n) is 18.0. The first-order valence-corrected chi connectivity index (χ1v) is 11.0. The second-order valence-corrected chi connectivity index (χ2v) is 8.40. The number of benzene rings is 7. The molecule has 7 rings (SSSR count). The van der Waals surface area contributed by atoms with Gasteiger partial charge >= 0.3 is 0 Å². The predicted molar refractivity (Wildman–Crippen MR) is 141 cm³/mol. The van der Waals surface area contributed by atoms with E-state index in [4.69, 9.17) is 5.73 Å². The number of anilines is 1. The molecule has 0 bridgehead atoms. The van der Waals surface area contributed by atoms with E-state index in [9.17, 15) is 4.79 Å². The van der Waals surface area contributed by atoms with Crippen LogP contribution in [0.5, 0.6) is 0 Å². The average Bonchev–Trinajstić information content (AvgIpc) is 2.87. The topological polar surface area (TPSA) is 43.1 Å². The van der Waals surface area contributed by atoms with Crippen molar-refractivity contribution >= 4 is 65.8 Å². The second-order valence-electron chi connectivity index (χ2n) is 8.40. The van der Waals surface area contributed by atoms with Gasteiger partial charge in [0, 0.05) is 16.6 Å². The molecule has 0 atom stereocenters. The molecule has 7 aromatic carbocycles. The molecule has 2 heteroatoms. The number of nitrogens with two attached hydrogens (primary N) is 1. The van der Waals surface area contributed by atoms with Crippen molar-refractivity contribution in [2.24, 2.45) is 0 Å². The molecule has 0 spiro atoms. The molecule has 7 aromatic rings. The van der Waals surface area contributed by atoms with Gasteiger partial charge in [-0.05, 0) is 66.7 Å². The molecule has 0 aliphatic heterocycles. The van der Waals surface area contributed by atoms with E-state index < -0.39 is 0 Å². The third-order valence-electron chi connectivity index (χ3n) is 6.47. The summed E-state index contributed by atoms with van der Waals surface area (Å²) in [6.07, 6.45) is 0.936. The Bertz CT molecular complexity index is 1780. The quantitative estimate of drug-likeness (QED) is 0.126. The van der Waals surface area contributed by atoms with Gasteiger partial charge in [0.1, 0.15) is 0 Å². The van der Waals surface area contributed by atoms with Gasteiger partial charge in [-0.3, -0.25) is 4.79 Å². The number of carbonyl (C=O) groups is 1. The Morgan fingerprint density at radius 2 is 1.06 bits per heavy atom. The summed E-state index contributed by atoms with van der Waals surface area (Å²) in [5.74, 6) is 0. The Labute approximate surface area is 191 Å². The van der Waals surface area contributed by atoms with E-state index in [0.29, 0.717) is 0 Å². The summed E-state index contributed by atoms with van der Waals surface area (Å²) in [5, 5.41) is 12.0. The van der Waals surface area contributed by atoms with Crippen LogP contribution in [-0.4, -0.2) is 6.29 Å². The summed E-state index contributed by atoms with van der Waals surface area (Å²) in [7, 11) is 0. The third kappa shape index (κ3) is 3.16. The van der Waals surface area contributed by atoms with Crippen LogP contribution in [0.25, 0.3) is 53.9 Å². The lowest BCUT2D eigenvalue weighted by Crippen LogP contribution is -1.87. The molecule has 0 aromatic heterocycles. The summed E-state index contributed by atoms with van der Waals surface area (Å²) < 4.78 is 0. The molecule has 0 amide bonds. The zero-order valence-corrected chi connectivity index (χ0v) is 18.0. The summed E-state index contributed by atoms with van der Waals surface area (Å²) in [4.78, 5) is 11.2. The molecule has 2 nitrogen and oxygen atoms in total. The average molecular weight is 424 g/mol. The lowest BCUT2D eigenvalue weighted by molar-refractivity contribution is 0.112. The summed E-state index contributed by atoms with van der Waals surface area (Å²) >= 11 is 0. The van der Waals surface area contributed by atoms with Gasteiger partial charge in [0.15, 0.2) is 6.29 Å². The van der Waals surface area contributed by atoms with Gasteiger partial charge in [0.25, 0.3) is 0 Å². The van der Waals surface area contributed by atoms with Crippen LogP contribution in [0.1, 0.15) is 10.4 Å². The van der Waals surface area contributed by atoms with Gasteiger partial charge in [-0.15, -0.1) is 0 Å². The molecule has 0 unspecified atom stereocenters. The van der Waals surface area contributed by atoms with Crippen molar-refractivity contribution in [2.45, 2.75) is 0 Å². The van der Waals surface area contributed by atoms with Gasteiger partial charge in [-0.1, -0.05) is 91.0 Å². The SMILES string of the molecule is Nc1cccc2cc3ccccc3cc12.O=Cc1ccc2ccc3cccc4ccc1c2c34. The van der Waals surface area contributed by atoms with E-state index in [1.807, 2.05) is 36.4 Å². The highest BCUT2D eigenvalue weighted by Crippen LogP contribution is 2.35. The molecular weight excluding hydrogens is 402 g/mol. The van der Waals surface area contributed by atoms with E-state index >= 15 is 0 Å². The Kier molecular flexibility index (Phi) is 4.44. The lowest BCUT2D eigenvalue weighted by Gasteiger charge is -2.11. The first kappa shape index (κ1) is 19.3. The Morgan fingerprint density at radius 1 is 0.485 bits per heavy atom. The minimum Gasteiger partial charge on any atom is -0.398 e. The van der Waals surface area contributed by atoms with Gasteiger partial charge < -0.3 is 5.73 Å². The third-order valence-corrected chi connectivity index (χ3v) is 6.47. The highest BCUT2D eigenvalue weighted by molar-refractivity contribution is 6.25. The Morgan fingerprint density at radius 3 is 1.82 bits per heavy atom. The van der Waals surface area contributed by atoms with Crippen molar-refractivity contribution < 1.29 is 4.79 Å². The smallest absolute Gasteiger partial charge is 0.150 e. The number of fused-ring (bicyclic) bond motifs is 2. The normalized spacial score (nSPS) is 11.3. The monoisotopic (exact) mass is 423 g/mol. The number of carbonyl (C=O) groups excluding carboxylic acids is 1. The molecule has 0 heterocycles. The maximum absolute atomic E-state index is 11.2. The van der Waals surface area contributed by atoms with Crippen molar-refractivity contribution in [3.63, 3.8) is 0 Å². The van der Waals surface area contributed by atoms with Gasteiger partial charge in [-0.2, -0.15) is 0 Å². The van der Waals surface area contributed by atoms with Crippen LogP contribution in [-0.2, 0) is 0 Å². The van der Waals surface area contributed by atoms with Crippen LogP contribution in [0.15, 0.2) is 109 Å². The molecule has 0 fully saturated rings. The number of hydrogen-bond acceptors (Lipinski definition) is 2. The van der Waals surface area contributed by atoms with Gasteiger partial charge in [0.2, 0.25) is 0 Å². The number of aldehydes is 1. The lowest BCUT2D eigenvalue weighted by atomic mass is 9.92. The van der Waals surface area contributed by atoms with Crippen LogP contribution >= 0.6 is 0 Å². The van der Waals surface area contributed by atoms with Crippen molar-refractivity contribution in [1.29, 1.82) is 0 Å². The molecule has 0 aliphatic carbocycles. The Hall–Kier alpha value is -4.43. The van der Waals surface area contributed by atoms with E-state index in [2.05, 4.69) is 72.8 Å². The van der Waals surface area contributed by atoms with Crippen molar-refractivity contribution in [1.82, 2.24) is 0 Å². The van der Waals surface area contributed by atoms with Crippen molar-refractivity contribution in [2.75, 3.05) is 5.73 Å². The van der Waals surface area contributed by atoms with Crippen LogP contribution in [0.3, 0.4) is 0 Å².